The van der Waals surface area contributed by atoms with Crippen LogP contribution < -0.4 is 11.3 Å². The zero-order valence-corrected chi connectivity index (χ0v) is 12.8. The largest absolute Gasteiger partial charge is 0.271 e. The van der Waals surface area contributed by atoms with Crippen molar-refractivity contribution in [3.63, 3.8) is 0 Å². The molecule has 1 unspecified atom stereocenters. The van der Waals surface area contributed by atoms with Crippen LogP contribution in [0.2, 0.25) is 0 Å². The maximum atomic E-state index is 5.71. The standard InChI is InChI=1S/C15H21N3S/c1-9-5-6-13(7-10(9)2)14(18-16)8-15-17-11(3)12(4)19-15/h5-7,14,18H,8,16H2,1-4H3. The van der Waals surface area contributed by atoms with Gasteiger partial charge in [0.05, 0.1) is 16.7 Å². The summed E-state index contributed by atoms with van der Waals surface area (Å²) in [5.41, 5.74) is 7.85. The summed E-state index contributed by atoms with van der Waals surface area (Å²) in [6, 6.07) is 6.60. The Hall–Kier alpha value is -1.23. The van der Waals surface area contributed by atoms with E-state index in [1.165, 1.54) is 21.6 Å². The Balaban J connectivity index is 2.22. The topological polar surface area (TPSA) is 50.9 Å². The lowest BCUT2D eigenvalue weighted by Crippen LogP contribution is -2.29. The van der Waals surface area contributed by atoms with E-state index in [9.17, 15) is 0 Å². The Kier molecular flexibility index (Phi) is 4.34. The normalized spacial score (nSPS) is 12.7. The highest BCUT2D eigenvalue weighted by molar-refractivity contribution is 7.11. The average molecular weight is 275 g/mol. The SMILES string of the molecule is Cc1ccc(C(Cc2nc(C)c(C)s2)NN)cc1C. The summed E-state index contributed by atoms with van der Waals surface area (Å²) in [6.07, 6.45) is 0.832. The van der Waals surface area contributed by atoms with Gasteiger partial charge in [0.25, 0.3) is 0 Å². The van der Waals surface area contributed by atoms with E-state index in [1.807, 2.05) is 0 Å². The summed E-state index contributed by atoms with van der Waals surface area (Å²) in [7, 11) is 0. The lowest BCUT2D eigenvalue weighted by molar-refractivity contribution is 0.550. The molecule has 3 N–H and O–H groups in total. The van der Waals surface area contributed by atoms with E-state index in [2.05, 4.69) is 56.3 Å². The Morgan fingerprint density at radius 1 is 1.21 bits per heavy atom. The lowest BCUT2D eigenvalue weighted by atomic mass is 9.99. The summed E-state index contributed by atoms with van der Waals surface area (Å²) < 4.78 is 0. The van der Waals surface area contributed by atoms with Crippen LogP contribution in [0.25, 0.3) is 0 Å². The van der Waals surface area contributed by atoms with Crippen molar-refractivity contribution in [3.05, 3.63) is 50.5 Å². The molecular weight excluding hydrogens is 254 g/mol. The number of aryl methyl sites for hydroxylation is 4. The Morgan fingerprint density at radius 2 is 1.95 bits per heavy atom. The molecule has 0 spiro atoms. The van der Waals surface area contributed by atoms with Gasteiger partial charge in [-0.25, -0.2) is 4.98 Å². The molecule has 1 aromatic carbocycles. The molecule has 0 saturated carbocycles. The highest BCUT2D eigenvalue weighted by Gasteiger charge is 2.14. The predicted octanol–water partition coefficient (Wildman–Crippen LogP) is 3.12. The van der Waals surface area contributed by atoms with Gasteiger partial charge < -0.3 is 0 Å². The molecule has 1 heterocycles. The van der Waals surface area contributed by atoms with Gasteiger partial charge in [0.15, 0.2) is 0 Å². The van der Waals surface area contributed by atoms with Crippen molar-refractivity contribution in [1.29, 1.82) is 0 Å². The first kappa shape index (κ1) is 14.2. The smallest absolute Gasteiger partial charge is 0.0950 e. The lowest BCUT2D eigenvalue weighted by Gasteiger charge is -2.16. The third kappa shape index (κ3) is 3.21. The van der Waals surface area contributed by atoms with Crippen LogP contribution in [-0.4, -0.2) is 4.98 Å². The van der Waals surface area contributed by atoms with Crippen LogP contribution in [0, 0.1) is 27.7 Å². The van der Waals surface area contributed by atoms with Crippen LogP contribution in [-0.2, 0) is 6.42 Å². The van der Waals surface area contributed by atoms with Crippen LogP contribution in [0.5, 0.6) is 0 Å². The van der Waals surface area contributed by atoms with Crippen LogP contribution in [0.1, 0.15) is 38.3 Å². The fourth-order valence-corrected chi connectivity index (χ4v) is 3.03. The summed E-state index contributed by atoms with van der Waals surface area (Å²) in [4.78, 5) is 5.87. The van der Waals surface area contributed by atoms with Gasteiger partial charge >= 0.3 is 0 Å². The highest BCUT2D eigenvalue weighted by Crippen LogP contribution is 2.24. The zero-order chi connectivity index (χ0) is 14.0. The third-order valence-corrected chi connectivity index (χ3v) is 4.68. The number of hydrogen-bond donors (Lipinski definition) is 2. The van der Waals surface area contributed by atoms with Gasteiger partial charge in [-0.05, 0) is 44.4 Å². The first-order chi connectivity index (χ1) is 9.01. The second-order valence-electron chi connectivity index (χ2n) is 5.02. The summed E-state index contributed by atoms with van der Waals surface area (Å²) in [6.45, 7) is 8.41. The van der Waals surface area contributed by atoms with E-state index in [0.717, 1.165) is 17.1 Å². The van der Waals surface area contributed by atoms with E-state index in [0.29, 0.717) is 0 Å². The van der Waals surface area contributed by atoms with Crippen LogP contribution in [0.4, 0.5) is 0 Å². The Morgan fingerprint density at radius 3 is 2.47 bits per heavy atom. The quantitative estimate of drug-likeness (QED) is 0.666. The number of rotatable bonds is 4. The zero-order valence-electron chi connectivity index (χ0n) is 11.9. The molecule has 102 valence electrons. The number of nitrogens with zero attached hydrogens (tertiary/aromatic N) is 1. The molecule has 0 bridgehead atoms. The number of nitrogens with two attached hydrogens (primary N) is 1. The molecule has 0 saturated heterocycles. The molecule has 0 aliphatic heterocycles. The van der Waals surface area contributed by atoms with Crippen molar-refractivity contribution in [2.24, 2.45) is 5.84 Å². The average Bonchev–Trinajstić information content (AvgIpc) is 2.69. The predicted molar refractivity (Wildman–Crippen MR) is 81.3 cm³/mol. The Bertz CT molecular complexity index is 555. The summed E-state index contributed by atoms with van der Waals surface area (Å²) >= 11 is 1.75. The van der Waals surface area contributed by atoms with Gasteiger partial charge in [-0.1, -0.05) is 18.2 Å². The minimum atomic E-state index is 0.115. The summed E-state index contributed by atoms with van der Waals surface area (Å²) in [5.74, 6) is 5.71. The number of benzene rings is 1. The molecule has 0 aliphatic carbocycles. The van der Waals surface area contributed by atoms with Crippen LogP contribution >= 0.6 is 11.3 Å². The minimum absolute atomic E-state index is 0.115. The molecule has 0 aliphatic rings. The van der Waals surface area contributed by atoms with E-state index in [4.69, 9.17) is 5.84 Å². The second-order valence-corrected chi connectivity index (χ2v) is 6.30. The third-order valence-electron chi connectivity index (χ3n) is 3.59. The number of nitrogens with one attached hydrogen (secondary N) is 1. The highest BCUT2D eigenvalue weighted by atomic mass is 32.1. The number of hydrazine groups is 1. The van der Waals surface area contributed by atoms with Crippen molar-refractivity contribution in [2.75, 3.05) is 0 Å². The molecule has 2 aromatic rings. The molecule has 1 atom stereocenters. The summed E-state index contributed by atoms with van der Waals surface area (Å²) in [5, 5.41) is 1.14. The minimum Gasteiger partial charge on any atom is -0.271 e. The molecule has 2 rings (SSSR count). The molecule has 19 heavy (non-hydrogen) atoms. The van der Waals surface area contributed by atoms with Gasteiger partial charge in [-0.2, -0.15) is 0 Å². The number of thiazole rings is 1. The first-order valence-corrected chi connectivity index (χ1v) is 7.29. The van der Waals surface area contributed by atoms with Gasteiger partial charge in [-0.15, -0.1) is 11.3 Å². The Labute approximate surface area is 118 Å². The van der Waals surface area contributed by atoms with Gasteiger partial charge in [0.1, 0.15) is 0 Å². The molecular formula is C15H21N3S. The molecule has 1 aromatic heterocycles. The van der Waals surface area contributed by atoms with Crippen molar-refractivity contribution in [2.45, 2.75) is 40.2 Å². The molecule has 3 nitrogen and oxygen atoms in total. The van der Waals surface area contributed by atoms with Crippen LogP contribution in [0.3, 0.4) is 0 Å². The van der Waals surface area contributed by atoms with E-state index in [1.54, 1.807) is 11.3 Å². The fraction of sp³-hybridized carbons (Fsp3) is 0.400. The molecule has 0 radical (unpaired) electrons. The van der Waals surface area contributed by atoms with Gasteiger partial charge in [0.2, 0.25) is 0 Å². The number of aromatic nitrogens is 1. The second kappa shape index (κ2) is 5.82. The van der Waals surface area contributed by atoms with Crippen LogP contribution in [0.15, 0.2) is 18.2 Å². The maximum absolute atomic E-state index is 5.71. The molecule has 0 amide bonds. The van der Waals surface area contributed by atoms with Crippen molar-refractivity contribution in [1.82, 2.24) is 10.4 Å². The van der Waals surface area contributed by atoms with E-state index in [-0.39, 0.29) is 6.04 Å². The van der Waals surface area contributed by atoms with E-state index >= 15 is 0 Å². The maximum Gasteiger partial charge on any atom is 0.0950 e. The van der Waals surface area contributed by atoms with Crippen molar-refractivity contribution < 1.29 is 0 Å². The van der Waals surface area contributed by atoms with E-state index < -0.39 is 0 Å². The van der Waals surface area contributed by atoms with Crippen molar-refractivity contribution in [3.8, 4) is 0 Å². The first-order valence-electron chi connectivity index (χ1n) is 6.47. The van der Waals surface area contributed by atoms with Crippen molar-refractivity contribution >= 4 is 11.3 Å². The fourth-order valence-electron chi connectivity index (χ4n) is 2.06. The van der Waals surface area contributed by atoms with Gasteiger partial charge in [-0.3, -0.25) is 11.3 Å². The number of hydrogen-bond acceptors (Lipinski definition) is 4. The monoisotopic (exact) mass is 275 g/mol. The molecule has 0 fully saturated rings. The van der Waals surface area contributed by atoms with Gasteiger partial charge in [0, 0.05) is 11.3 Å². The molecule has 4 heteroatoms.